The zero-order valence-corrected chi connectivity index (χ0v) is 17.8. The van der Waals surface area contributed by atoms with Crippen LogP contribution in [0.25, 0.3) is 10.9 Å². The SMILES string of the molecule is COc1ccc(CC2NCCc3c2[nH]c2c(C)c(C)ccc32)c(Br)c1OC. The maximum Gasteiger partial charge on any atom is 0.175 e. The maximum absolute atomic E-state index is 5.54. The fraction of sp³-hybridized carbons (Fsp3) is 0.364. The number of hydrogen-bond donors (Lipinski definition) is 2. The minimum atomic E-state index is 0.246. The number of nitrogens with one attached hydrogen (secondary N) is 2. The second-order valence-electron chi connectivity index (χ2n) is 7.18. The van der Waals surface area contributed by atoms with Gasteiger partial charge < -0.3 is 19.8 Å². The highest BCUT2D eigenvalue weighted by Crippen LogP contribution is 2.40. The molecule has 2 heterocycles. The number of methoxy groups -OCH3 is 2. The molecule has 0 spiro atoms. The summed E-state index contributed by atoms with van der Waals surface area (Å²) in [5.41, 5.74) is 7.91. The third kappa shape index (κ3) is 3.03. The monoisotopic (exact) mass is 428 g/mol. The lowest BCUT2D eigenvalue weighted by Crippen LogP contribution is -2.31. The van der Waals surface area contributed by atoms with Crippen LogP contribution in [-0.2, 0) is 12.8 Å². The van der Waals surface area contributed by atoms with Crippen LogP contribution in [0.15, 0.2) is 28.7 Å². The number of H-pyrrole nitrogens is 1. The molecule has 1 aromatic heterocycles. The molecule has 1 aliphatic heterocycles. The van der Waals surface area contributed by atoms with Crippen LogP contribution in [0.2, 0.25) is 0 Å². The average molecular weight is 429 g/mol. The molecule has 2 aromatic carbocycles. The molecule has 1 atom stereocenters. The molecule has 1 aliphatic rings. The number of ether oxygens (including phenoxy) is 2. The van der Waals surface area contributed by atoms with Crippen molar-refractivity contribution in [3.8, 4) is 11.5 Å². The van der Waals surface area contributed by atoms with Crippen molar-refractivity contribution < 1.29 is 9.47 Å². The van der Waals surface area contributed by atoms with E-state index in [1.807, 2.05) is 6.07 Å². The fourth-order valence-electron chi connectivity index (χ4n) is 4.11. The summed E-state index contributed by atoms with van der Waals surface area (Å²) >= 11 is 3.71. The van der Waals surface area contributed by atoms with E-state index >= 15 is 0 Å². The van der Waals surface area contributed by atoms with Gasteiger partial charge in [0, 0.05) is 16.6 Å². The van der Waals surface area contributed by atoms with Gasteiger partial charge in [-0.2, -0.15) is 0 Å². The summed E-state index contributed by atoms with van der Waals surface area (Å²) in [6.07, 6.45) is 1.93. The van der Waals surface area contributed by atoms with E-state index in [1.54, 1.807) is 14.2 Å². The van der Waals surface area contributed by atoms with Crippen LogP contribution in [0, 0.1) is 13.8 Å². The quantitative estimate of drug-likeness (QED) is 0.614. The van der Waals surface area contributed by atoms with Gasteiger partial charge in [0.05, 0.1) is 24.7 Å². The number of fused-ring (bicyclic) bond motifs is 3. The Kier molecular flexibility index (Phi) is 4.91. The Morgan fingerprint density at radius 3 is 2.67 bits per heavy atom. The zero-order valence-electron chi connectivity index (χ0n) is 16.2. The van der Waals surface area contributed by atoms with Crippen LogP contribution in [0.5, 0.6) is 11.5 Å². The summed E-state index contributed by atoms with van der Waals surface area (Å²) < 4.78 is 11.9. The molecule has 0 radical (unpaired) electrons. The van der Waals surface area contributed by atoms with Gasteiger partial charge in [-0.3, -0.25) is 0 Å². The standard InChI is InChI=1S/C22H25BrN2O2/c1-12-5-7-15-16-9-10-24-17(21(16)25-20(15)13(12)2)11-14-6-8-18(26-3)22(27-4)19(14)23/h5-8,17,24-25H,9-11H2,1-4H3. The van der Waals surface area contributed by atoms with Crippen molar-refractivity contribution in [1.82, 2.24) is 10.3 Å². The number of aryl methyl sites for hydroxylation is 2. The Bertz CT molecular complexity index is 1010. The maximum atomic E-state index is 5.54. The van der Waals surface area contributed by atoms with Crippen LogP contribution < -0.4 is 14.8 Å². The molecule has 0 fully saturated rings. The number of rotatable bonds is 4. The second kappa shape index (κ2) is 7.21. The molecule has 3 aromatic rings. The lowest BCUT2D eigenvalue weighted by atomic mass is 9.94. The van der Waals surface area contributed by atoms with E-state index in [4.69, 9.17) is 9.47 Å². The van der Waals surface area contributed by atoms with Crippen LogP contribution in [0.4, 0.5) is 0 Å². The summed E-state index contributed by atoms with van der Waals surface area (Å²) in [4.78, 5) is 3.73. The van der Waals surface area contributed by atoms with Crippen LogP contribution in [-0.4, -0.2) is 25.7 Å². The number of aromatic amines is 1. The van der Waals surface area contributed by atoms with Crippen LogP contribution in [0.3, 0.4) is 0 Å². The summed E-state index contributed by atoms with van der Waals surface area (Å²) in [6.45, 7) is 5.36. The van der Waals surface area contributed by atoms with Crippen molar-refractivity contribution in [2.75, 3.05) is 20.8 Å². The molecular weight excluding hydrogens is 404 g/mol. The third-order valence-electron chi connectivity index (χ3n) is 5.75. The first-order valence-corrected chi connectivity index (χ1v) is 10.1. The van der Waals surface area contributed by atoms with Crippen molar-refractivity contribution in [1.29, 1.82) is 0 Å². The van der Waals surface area contributed by atoms with Gasteiger partial charge in [-0.15, -0.1) is 0 Å². The highest BCUT2D eigenvalue weighted by atomic mass is 79.9. The predicted octanol–water partition coefficient (Wildman–Crippen LogP) is 4.99. The average Bonchev–Trinajstić information content (AvgIpc) is 3.06. The van der Waals surface area contributed by atoms with Crippen LogP contribution in [0.1, 0.15) is 34.0 Å². The van der Waals surface area contributed by atoms with Crippen molar-refractivity contribution in [2.24, 2.45) is 0 Å². The van der Waals surface area contributed by atoms with Crippen molar-refractivity contribution >= 4 is 26.8 Å². The Morgan fingerprint density at radius 1 is 1.11 bits per heavy atom. The van der Waals surface area contributed by atoms with E-state index in [1.165, 1.54) is 38.9 Å². The first-order valence-electron chi connectivity index (χ1n) is 9.28. The summed E-state index contributed by atoms with van der Waals surface area (Å²) in [6, 6.07) is 8.83. The smallest absolute Gasteiger partial charge is 0.175 e. The largest absolute Gasteiger partial charge is 0.493 e. The normalized spacial score (nSPS) is 16.4. The number of benzene rings is 2. The number of aromatic nitrogens is 1. The van der Waals surface area contributed by atoms with Crippen molar-refractivity contribution in [3.05, 3.63) is 56.7 Å². The van der Waals surface area contributed by atoms with Gasteiger partial charge in [0.25, 0.3) is 0 Å². The van der Waals surface area contributed by atoms with Gasteiger partial charge in [-0.1, -0.05) is 18.2 Å². The summed E-state index contributed by atoms with van der Waals surface area (Å²) in [5, 5.41) is 5.05. The van der Waals surface area contributed by atoms with Gasteiger partial charge in [0.1, 0.15) is 0 Å². The summed E-state index contributed by atoms with van der Waals surface area (Å²) in [5.74, 6) is 1.48. The van der Waals surface area contributed by atoms with E-state index < -0.39 is 0 Å². The van der Waals surface area contributed by atoms with Gasteiger partial charge in [0.2, 0.25) is 0 Å². The third-order valence-corrected chi connectivity index (χ3v) is 6.62. The molecule has 142 valence electrons. The Labute approximate surface area is 168 Å². The topological polar surface area (TPSA) is 46.3 Å². The van der Waals surface area contributed by atoms with E-state index in [0.29, 0.717) is 0 Å². The molecule has 5 heteroatoms. The molecule has 27 heavy (non-hydrogen) atoms. The Hall–Kier alpha value is -1.98. The predicted molar refractivity (Wildman–Crippen MR) is 113 cm³/mol. The molecule has 0 saturated heterocycles. The molecule has 0 amide bonds. The van der Waals surface area contributed by atoms with Crippen LogP contribution >= 0.6 is 15.9 Å². The van der Waals surface area contributed by atoms with Gasteiger partial charge in [-0.05, 0) is 77.5 Å². The van der Waals surface area contributed by atoms with Gasteiger partial charge >= 0.3 is 0 Å². The lowest BCUT2D eigenvalue weighted by molar-refractivity contribution is 0.352. The number of hydrogen-bond acceptors (Lipinski definition) is 3. The lowest BCUT2D eigenvalue weighted by Gasteiger charge is -2.25. The minimum absolute atomic E-state index is 0.246. The molecular formula is C22H25BrN2O2. The van der Waals surface area contributed by atoms with E-state index in [0.717, 1.165) is 35.4 Å². The molecule has 4 nitrogen and oxygen atoms in total. The van der Waals surface area contributed by atoms with E-state index in [2.05, 4.69) is 58.3 Å². The Balaban J connectivity index is 1.75. The second-order valence-corrected chi connectivity index (χ2v) is 7.98. The van der Waals surface area contributed by atoms with Crippen molar-refractivity contribution in [2.45, 2.75) is 32.7 Å². The first-order chi connectivity index (χ1) is 13.0. The van der Waals surface area contributed by atoms with Gasteiger partial charge in [0.15, 0.2) is 11.5 Å². The zero-order chi connectivity index (χ0) is 19.1. The molecule has 2 N–H and O–H groups in total. The van der Waals surface area contributed by atoms with E-state index in [-0.39, 0.29) is 6.04 Å². The summed E-state index contributed by atoms with van der Waals surface area (Å²) in [7, 11) is 3.33. The fourth-order valence-corrected chi connectivity index (χ4v) is 4.76. The van der Waals surface area contributed by atoms with E-state index in [9.17, 15) is 0 Å². The van der Waals surface area contributed by atoms with Crippen molar-refractivity contribution in [3.63, 3.8) is 0 Å². The highest BCUT2D eigenvalue weighted by molar-refractivity contribution is 9.10. The minimum Gasteiger partial charge on any atom is -0.493 e. The van der Waals surface area contributed by atoms with Gasteiger partial charge in [-0.25, -0.2) is 0 Å². The molecule has 1 unspecified atom stereocenters. The molecule has 0 aliphatic carbocycles. The molecule has 4 rings (SSSR count). The molecule has 0 bridgehead atoms. The Morgan fingerprint density at radius 2 is 1.93 bits per heavy atom. The highest BCUT2D eigenvalue weighted by Gasteiger charge is 2.26. The first kappa shape index (κ1) is 18.4. The number of halogens is 1. The molecule has 0 saturated carbocycles.